The summed E-state index contributed by atoms with van der Waals surface area (Å²) in [5.41, 5.74) is 3.97. The van der Waals surface area contributed by atoms with Crippen LogP contribution in [0, 0.1) is 6.92 Å². The average Bonchev–Trinajstić information content (AvgIpc) is 2.41. The average molecular weight is 275 g/mol. The highest BCUT2D eigenvalue weighted by Gasteiger charge is 2.14. The maximum absolute atomic E-state index is 10.5. The van der Waals surface area contributed by atoms with Crippen molar-refractivity contribution in [2.45, 2.75) is 32.8 Å². The van der Waals surface area contributed by atoms with Crippen LogP contribution >= 0.6 is 11.6 Å². The molecule has 100 valence electrons. The Labute approximate surface area is 119 Å². The highest BCUT2D eigenvalue weighted by atomic mass is 35.5. The molecule has 1 unspecified atom stereocenters. The number of aliphatic hydroxyl groups excluding tert-OH is 1. The molecule has 0 saturated carbocycles. The van der Waals surface area contributed by atoms with Crippen LogP contribution in [0.25, 0.3) is 0 Å². The molecule has 2 aromatic carbocycles. The van der Waals surface area contributed by atoms with Gasteiger partial charge in [0, 0.05) is 5.02 Å². The summed E-state index contributed by atoms with van der Waals surface area (Å²) in [5, 5.41) is 11.2. The molecule has 1 nitrogen and oxygen atoms in total. The van der Waals surface area contributed by atoms with Crippen molar-refractivity contribution in [2.75, 3.05) is 0 Å². The molecule has 0 aliphatic rings. The highest BCUT2D eigenvalue weighted by molar-refractivity contribution is 6.31. The molecule has 1 N–H and O–H groups in total. The number of aliphatic hydroxyl groups is 1. The second kappa shape index (κ2) is 5.77. The van der Waals surface area contributed by atoms with E-state index in [2.05, 4.69) is 26.0 Å². The number of benzene rings is 2. The summed E-state index contributed by atoms with van der Waals surface area (Å²) in [4.78, 5) is 0. The van der Waals surface area contributed by atoms with Gasteiger partial charge >= 0.3 is 0 Å². The van der Waals surface area contributed by atoms with Crippen LogP contribution in [0.15, 0.2) is 42.5 Å². The minimum Gasteiger partial charge on any atom is -0.384 e. The topological polar surface area (TPSA) is 20.2 Å². The van der Waals surface area contributed by atoms with E-state index in [1.807, 2.05) is 37.3 Å². The van der Waals surface area contributed by atoms with Crippen LogP contribution in [0.1, 0.15) is 48.1 Å². The maximum Gasteiger partial charge on any atom is 0.104 e. The van der Waals surface area contributed by atoms with Crippen LogP contribution < -0.4 is 0 Å². The van der Waals surface area contributed by atoms with Gasteiger partial charge in [-0.1, -0.05) is 61.8 Å². The SMILES string of the molecule is Cc1c(Cl)cccc1C(O)c1ccc(C(C)C)cc1. The molecule has 0 spiro atoms. The Hall–Kier alpha value is -1.31. The Morgan fingerprint density at radius 2 is 1.53 bits per heavy atom. The van der Waals surface area contributed by atoms with Gasteiger partial charge in [0.05, 0.1) is 0 Å². The Morgan fingerprint density at radius 1 is 0.947 bits per heavy atom. The number of hydrogen-bond acceptors (Lipinski definition) is 1. The molecule has 0 heterocycles. The van der Waals surface area contributed by atoms with Crippen LogP contribution in [-0.4, -0.2) is 5.11 Å². The van der Waals surface area contributed by atoms with E-state index in [0.717, 1.165) is 16.7 Å². The summed E-state index contributed by atoms with van der Waals surface area (Å²) < 4.78 is 0. The van der Waals surface area contributed by atoms with Gasteiger partial charge in [-0.2, -0.15) is 0 Å². The van der Waals surface area contributed by atoms with Crippen LogP contribution in [0.5, 0.6) is 0 Å². The van der Waals surface area contributed by atoms with E-state index in [0.29, 0.717) is 10.9 Å². The normalized spacial score (nSPS) is 12.7. The van der Waals surface area contributed by atoms with Gasteiger partial charge in [0.15, 0.2) is 0 Å². The molecule has 2 rings (SSSR count). The van der Waals surface area contributed by atoms with Crippen molar-refractivity contribution >= 4 is 11.6 Å². The molecule has 0 fully saturated rings. The molecule has 1 atom stereocenters. The second-order valence-electron chi connectivity index (χ2n) is 5.18. The van der Waals surface area contributed by atoms with Crippen molar-refractivity contribution in [2.24, 2.45) is 0 Å². The zero-order valence-corrected chi connectivity index (χ0v) is 12.3. The summed E-state index contributed by atoms with van der Waals surface area (Å²) in [5.74, 6) is 0.499. The summed E-state index contributed by atoms with van der Waals surface area (Å²) >= 11 is 6.10. The monoisotopic (exact) mass is 274 g/mol. The maximum atomic E-state index is 10.5. The Morgan fingerprint density at radius 3 is 2.11 bits per heavy atom. The van der Waals surface area contributed by atoms with Crippen LogP contribution in [0.2, 0.25) is 5.02 Å². The third kappa shape index (κ3) is 2.99. The first-order chi connectivity index (χ1) is 9.00. The summed E-state index contributed by atoms with van der Waals surface area (Å²) in [6.07, 6.45) is -0.625. The molecule has 0 saturated heterocycles. The molecule has 0 amide bonds. The largest absolute Gasteiger partial charge is 0.384 e. The van der Waals surface area contributed by atoms with Gasteiger partial charge in [0.25, 0.3) is 0 Å². The molecule has 2 aromatic rings. The summed E-state index contributed by atoms with van der Waals surface area (Å²) in [6.45, 7) is 6.25. The zero-order chi connectivity index (χ0) is 14.0. The van der Waals surface area contributed by atoms with Crippen molar-refractivity contribution in [3.05, 3.63) is 69.7 Å². The van der Waals surface area contributed by atoms with E-state index >= 15 is 0 Å². The van der Waals surface area contributed by atoms with E-state index in [1.165, 1.54) is 5.56 Å². The molecule has 0 aliphatic carbocycles. The number of halogens is 1. The van der Waals surface area contributed by atoms with Crippen LogP contribution in [0.4, 0.5) is 0 Å². The standard InChI is InChI=1S/C17H19ClO/c1-11(2)13-7-9-14(10-8-13)17(19)15-5-4-6-16(18)12(15)3/h4-11,17,19H,1-3H3. The minimum absolute atomic E-state index is 0.499. The van der Waals surface area contributed by atoms with Crippen LogP contribution in [-0.2, 0) is 0 Å². The van der Waals surface area contributed by atoms with Gasteiger partial charge in [0.2, 0.25) is 0 Å². The Kier molecular flexibility index (Phi) is 4.28. The fourth-order valence-corrected chi connectivity index (χ4v) is 2.34. The van der Waals surface area contributed by atoms with Crippen LogP contribution in [0.3, 0.4) is 0 Å². The van der Waals surface area contributed by atoms with E-state index in [9.17, 15) is 5.11 Å². The molecule has 0 bridgehead atoms. The van der Waals surface area contributed by atoms with E-state index in [4.69, 9.17) is 11.6 Å². The summed E-state index contributed by atoms with van der Waals surface area (Å²) in [6, 6.07) is 13.8. The third-order valence-electron chi connectivity index (χ3n) is 3.52. The Balaban J connectivity index is 2.33. The lowest BCUT2D eigenvalue weighted by Gasteiger charge is -2.16. The lowest BCUT2D eigenvalue weighted by molar-refractivity contribution is 0.219. The smallest absolute Gasteiger partial charge is 0.104 e. The van der Waals surface area contributed by atoms with Gasteiger partial charge in [-0.05, 0) is 41.2 Å². The number of rotatable bonds is 3. The minimum atomic E-state index is -0.625. The first kappa shape index (κ1) is 14.1. The van der Waals surface area contributed by atoms with E-state index in [1.54, 1.807) is 0 Å². The van der Waals surface area contributed by atoms with Crippen molar-refractivity contribution in [1.29, 1.82) is 0 Å². The van der Waals surface area contributed by atoms with Gasteiger partial charge in [-0.25, -0.2) is 0 Å². The molecular formula is C17H19ClO. The lowest BCUT2D eigenvalue weighted by atomic mass is 9.95. The highest BCUT2D eigenvalue weighted by Crippen LogP contribution is 2.29. The zero-order valence-electron chi connectivity index (χ0n) is 11.5. The van der Waals surface area contributed by atoms with Crippen molar-refractivity contribution < 1.29 is 5.11 Å². The molecule has 0 aromatic heterocycles. The van der Waals surface area contributed by atoms with E-state index < -0.39 is 6.10 Å². The summed E-state index contributed by atoms with van der Waals surface area (Å²) in [7, 11) is 0. The first-order valence-corrected chi connectivity index (χ1v) is 6.91. The van der Waals surface area contributed by atoms with Gasteiger partial charge in [-0.15, -0.1) is 0 Å². The molecule has 0 aliphatic heterocycles. The quantitative estimate of drug-likeness (QED) is 0.848. The number of hydrogen-bond donors (Lipinski definition) is 1. The fraction of sp³-hybridized carbons (Fsp3) is 0.294. The molecule has 2 heteroatoms. The third-order valence-corrected chi connectivity index (χ3v) is 3.93. The van der Waals surface area contributed by atoms with Gasteiger partial charge < -0.3 is 5.11 Å². The second-order valence-corrected chi connectivity index (χ2v) is 5.59. The lowest BCUT2D eigenvalue weighted by Crippen LogP contribution is -2.02. The van der Waals surface area contributed by atoms with Crippen molar-refractivity contribution in [3.63, 3.8) is 0 Å². The molecular weight excluding hydrogens is 256 g/mol. The fourth-order valence-electron chi connectivity index (χ4n) is 2.16. The predicted molar refractivity (Wildman–Crippen MR) is 80.8 cm³/mol. The molecule has 19 heavy (non-hydrogen) atoms. The Bertz CT molecular complexity index is 558. The van der Waals surface area contributed by atoms with Crippen molar-refractivity contribution in [3.8, 4) is 0 Å². The van der Waals surface area contributed by atoms with Crippen molar-refractivity contribution in [1.82, 2.24) is 0 Å². The van der Waals surface area contributed by atoms with E-state index in [-0.39, 0.29) is 0 Å². The predicted octanol–water partition coefficient (Wildman–Crippen LogP) is 4.85. The van der Waals surface area contributed by atoms with Gasteiger partial charge in [-0.3, -0.25) is 0 Å². The molecule has 0 radical (unpaired) electrons. The first-order valence-electron chi connectivity index (χ1n) is 6.53. The van der Waals surface area contributed by atoms with Gasteiger partial charge in [0.1, 0.15) is 6.10 Å².